The fourth-order valence-corrected chi connectivity index (χ4v) is 1.94. The first kappa shape index (κ1) is 11.8. The van der Waals surface area contributed by atoms with Crippen LogP contribution in [0.25, 0.3) is 11.1 Å². The summed E-state index contributed by atoms with van der Waals surface area (Å²) in [6.07, 6.45) is 0. The molecule has 0 spiro atoms. The van der Waals surface area contributed by atoms with Gasteiger partial charge in [0.05, 0.1) is 5.56 Å². The van der Waals surface area contributed by atoms with Crippen molar-refractivity contribution < 1.29 is 14.3 Å². The van der Waals surface area contributed by atoms with E-state index in [1.54, 1.807) is 6.07 Å². The van der Waals surface area contributed by atoms with E-state index < -0.39 is 11.8 Å². The van der Waals surface area contributed by atoms with Crippen molar-refractivity contribution >= 4 is 21.9 Å². The second kappa shape index (κ2) is 4.67. The summed E-state index contributed by atoms with van der Waals surface area (Å²) >= 11 is 3.33. The van der Waals surface area contributed by atoms with Crippen molar-refractivity contribution in [3.05, 3.63) is 58.3 Å². The molecule has 1 N–H and O–H groups in total. The molecule has 86 valence electrons. The molecule has 0 unspecified atom stereocenters. The molecule has 2 nitrogen and oxygen atoms in total. The van der Waals surface area contributed by atoms with Gasteiger partial charge < -0.3 is 5.11 Å². The van der Waals surface area contributed by atoms with Crippen LogP contribution in [0.15, 0.2) is 46.9 Å². The number of carboxylic acid groups (broad SMARTS) is 1. The number of benzene rings is 2. The minimum absolute atomic E-state index is 0.316. The number of rotatable bonds is 2. The first-order valence-corrected chi connectivity index (χ1v) is 5.66. The number of hydrogen-bond acceptors (Lipinski definition) is 1. The standard InChI is InChI=1S/C13H8BrFO2/c14-10-3-1-2-8(6-10)9-4-5-11(13(16)17)12(15)7-9/h1-7H,(H,16,17). The van der Waals surface area contributed by atoms with Crippen LogP contribution in [0.2, 0.25) is 0 Å². The van der Waals surface area contributed by atoms with Crippen LogP contribution in [0.3, 0.4) is 0 Å². The van der Waals surface area contributed by atoms with E-state index in [9.17, 15) is 9.18 Å². The van der Waals surface area contributed by atoms with E-state index in [4.69, 9.17) is 5.11 Å². The van der Waals surface area contributed by atoms with Gasteiger partial charge in [0.1, 0.15) is 5.82 Å². The molecule has 0 saturated heterocycles. The maximum Gasteiger partial charge on any atom is 0.338 e. The zero-order valence-electron chi connectivity index (χ0n) is 8.65. The van der Waals surface area contributed by atoms with Crippen molar-refractivity contribution in [1.29, 1.82) is 0 Å². The highest BCUT2D eigenvalue weighted by molar-refractivity contribution is 9.10. The second-order valence-corrected chi connectivity index (χ2v) is 4.43. The Morgan fingerprint density at radius 2 is 1.82 bits per heavy atom. The van der Waals surface area contributed by atoms with Gasteiger partial charge in [-0.2, -0.15) is 0 Å². The van der Waals surface area contributed by atoms with Gasteiger partial charge >= 0.3 is 5.97 Å². The van der Waals surface area contributed by atoms with Gasteiger partial charge in [-0.3, -0.25) is 0 Å². The quantitative estimate of drug-likeness (QED) is 0.910. The van der Waals surface area contributed by atoms with E-state index in [2.05, 4.69) is 15.9 Å². The monoisotopic (exact) mass is 294 g/mol. The number of carbonyl (C=O) groups is 1. The predicted molar refractivity (Wildman–Crippen MR) is 66.5 cm³/mol. The summed E-state index contributed by atoms with van der Waals surface area (Å²) in [7, 11) is 0. The molecule has 0 aliphatic carbocycles. The number of carboxylic acids is 1. The predicted octanol–water partition coefficient (Wildman–Crippen LogP) is 3.95. The Morgan fingerprint density at radius 1 is 1.12 bits per heavy atom. The molecule has 0 aliphatic rings. The normalized spacial score (nSPS) is 10.2. The molecule has 0 saturated carbocycles. The molecule has 0 bridgehead atoms. The lowest BCUT2D eigenvalue weighted by Crippen LogP contribution is -2.00. The summed E-state index contributed by atoms with van der Waals surface area (Å²) in [5, 5.41) is 8.72. The Hall–Kier alpha value is -1.68. The van der Waals surface area contributed by atoms with Gasteiger partial charge in [-0.15, -0.1) is 0 Å². The highest BCUT2D eigenvalue weighted by Gasteiger charge is 2.10. The van der Waals surface area contributed by atoms with Gasteiger partial charge in [-0.25, -0.2) is 9.18 Å². The molecule has 0 aliphatic heterocycles. The highest BCUT2D eigenvalue weighted by Crippen LogP contribution is 2.24. The summed E-state index contributed by atoms with van der Waals surface area (Å²) < 4.78 is 14.4. The zero-order chi connectivity index (χ0) is 12.4. The van der Waals surface area contributed by atoms with Gasteiger partial charge in [-0.05, 0) is 35.4 Å². The third-order valence-corrected chi connectivity index (χ3v) is 2.85. The SMILES string of the molecule is O=C(O)c1ccc(-c2cccc(Br)c2)cc1F. The van der Waals surface area contributed by atoms with E-state index >= 15 is 0 Å². The van der Waals surface area contributed by atoms with Crippen molar-refractivity contribution in [2.24, 2.45) is 0 Å². The molecule has 0 heterocycles. The number of hydrogen-bond donors (Lipinski definition) is 1. The minimum Gasteiger partial charge on any atom is -0.478 e. The van der Waals surface area contributed by atoms with E-state index in [0.29, 0.717) is 5.56 Å². The zero-order valence-corrected chi connectivity index (χ0v) is 10.2. The molecule has 4 heteroatoms. The number of aromatic carboxylic acids is 1. The fourth-order valence-electron chi connectivity index (χ4n) is 1.54. The lowest BCUT2D eigenvalue weighted by Gasteiger charge is -2.04. The summed E-state index contributed by atoms with van der Waals surface area (Å²) in [6, 6.07) is 11.5. The van der Waals surface area contributed by atoms with Crippen molar-refractivity contribution in [3.63, 3.8) is 0 Å². The summed E-state index contributed by atoms with van der Waals surface area (Å²) in [6.45, 7) is 0. The maximum atomic E-state index is 13.5. The van der Waals surface area contributed by atoms with Crippen LogP contribution >= 0.6 is 15.9 Å². The molecule has 2 rings (SSSR count). The Labute approximate surface area is 106 Å². The number of halogens is 2. The smallest absolute Gasteiger partial charge is 0.338 e. The molecular formula is C13H8BrFO2. The van der Waals surface area contributed by atoms with Crippen molar-refractivity contribution in [3.8, 4) is 11.1 Å². The van der Waals surface area contributed by atoms with Crippen LogP contribution in [0.4, 0.5) is 4.39 Å². The molecule has 0 amide bonds. The summed E-state index contributed by atoms with van der Waals surface area (Å²) in [4.78, 5) is 10.7. The van der Waals surface area contributed by atoms with Gasteiger partial charge in [0.25, 0.3) is 0 Å². The van der Waals surface area contributed by atoms with Gasteiger partial charge in [0.2, 0.25) is 0 Å². The van der Waals surface area contributed by atoms with Crippen molar-refractivity contribution in [1.82, 2.24) is 0 Å². The lowest BCUT2D eigenvalue weighted by atomic mass is 10.0. The minimum atomic E-state index is -1.26. The molecular weight excluding hydrogens is 287 g/mol. The fraction of sp³-hybridized carbons (Fsp3) is 0. The van der Waals surface area contributed by atoms with E-state index in [0.717, 1.165) is 10.0 Å². The van der Waals surface area contributed by atoms with Crippen LogP contribution < -0.4 is 0 Å². The molecule has 0 aromatic heterocycles. The largest absolute Gasteiger partial charge is 0.478 e. The van der Waals surface area contributed by atoms with Crippen LogP contribution in [0.5, 0.6) is 0 Å². The topological polar surface area (TPSA) is 37.3 Å². The molecule has 17 heavy (non-hydrogen) atoms. The molecule has 0 fully saturated rings. The highest BCUT2D eigenvalue weighted by atomic mass is 79.9. The van der Waals surface area contributed by atoms with Crippen LogP contribution in [-0.2, 0) is 0 Å². The third kappa shape index (κ3) is 2.53. The Morgan fingerprint density at radius 3 is 2.41 bits per heavy atom. The first-order chi connectivity index (χ1) is 8.08. The average Bonchev–Trinajstić information content (AvgIpc) is 2.28. The Kier molecular flexibility index (Phi) is 3.24. The second-order valence-electron chi connectivity index (χ2n) is 3.51. The third-order valence-electron chi connectivity index (χ3n) is 2.36. The maximum absolute atomic E-state index is 13.5. The van der Waals surface area contributed by atoms with E-state index in [1.165, 1.54) is 12.1 Å². The van der Waals surface area contributed by atoms with Crippen LogP contribution in [0.1, 0.15) is 10.4 Å². The Balaban J connectivity index is 2.48. The van der Waals surface area contributed by atoms with E-state index in [1.807, 2.05) is 24.3 Å². The first-order valence-electron chi connectivity index (χ1n) is 4.87. The molecule has 2 aromatic carbocycles. The van der Waals surface area contributed by atoms with Gasteiger partial charge in [-0.1, -0.05) is 34.1 Å². The van der Waals surface area contributed by atoms with Crippen LogP contribution in [-0.4, -0.2) is 11.1 Å². The molecule has 0 radical (unpaired) electrons. The van der Waals surface area contributed by atoms with Crippen molar-refractivity contribution in [2.75, 3.05) is 0 Å². The summed E-state index contributed by atoms with van der Waals surface area (Å²) in [5.74, 6) is -1.99. The Bertz CT molecular complexity index is 581. The van der Waals surface area contributed by atoms with E-state index in [-0.39, 0.29) is 5.56 Å². The molecule has 2 aromatic rings. The molecule has 0 atom stereocenters. The van der Waals surface area contributed by atoms with Gasteiger partial charge in [0.15, 0.2) is 0 Å². The van der Waals surface area contributed by atoms with Crippen LogP contribution in [0, 0.1) is 5.82 Å². The van der Waals surface area contributed by atoms with Gasteiger partial charge in [0, 0.05) is 4.47 Å². The van der Waals surface area contributed by atoms with Crippen molar-refractivity contribution in [2.45, 2.75) is 0 Å². The average molecular weight is 295 g/mol. The summed E-state index contributed by atoms with van der Waals surface area (Å²) in [5.41, 5.74) is 1.16. The lowest BCUT2D eigenvalue weighted by molar-refractivity contribution is 0.0692.